The molecule has 0 aliphatic carbocycles. The topological polar surface area (TPSA) is 63.5 Å². The van der Waals surface area contributed by atoms with E-state index in [-0.39, 0.29) is 5.56 Å². The molecule has 0 bridgehead atoms. The Bertz CT molecular complexity index is 825. The van der Waals surface area contributed by atoms with Crippen molar-refractivity contribution in [3.05, 3.63) is 46.4 Å². The standard InChI is InChI=1S/C19H27N5O2S/c1-15-17(18(25)24(22(15)2)16-7-4-3-5-8-16)21-19(27)20-9-6-10-23-11-13-26-14-12-23/h3-5,7-8H,6,9-14H2,1-2H3,(H2,20,21,27). The first-order valence-corrected chi connectivity index (χ1v) is 9.67. The first kappa shape index (κ1) is 19.6. The maximum absolute atomic E-state index is 12.9. The summed E-state index contributed by atoms with van der Waals surface area (Å²) in [5.41, 5.74) is 2.05. The summed E-state index contributed by atoms with van der Waals surface area (Å²) in [5, 5.41) is 6.75. The average Bonchev–Trinajstić information content (AvgIpc) is 2.90. The number of aromatic nitrogens is 2. The third-order valence-electron chi connectivity index (χ3n) is 4.83. The normalized spacial score (nSPS) is 14.9. The van der Waals surface area contributed by atoms with Gasteiger partial charge in [0.25, 0.3) is 5.56 Å². The second-order valence-electron chi connectivity index (χ2n) is 6.62. The zero-order valence-corrected chi connectivity index (χ0v) is 16.7. The van der Waals surface area contributed by atoms with Gasteiger partial charge >= 0.3 is 0 Å². The molecule has 1 aromatic heterocycles. The quantitative estimate of drug-likeness (QED) is 0.577. The van der Waals surface area contributed by atoms with E-state index in [9.17, 15) is 4.79 Å². The second-order valence-corrected chi connectivity index (χ2v) is 7.03. The van der Waals surface area contributed by atoms with Crippen LogP contribution < -0.4 is 16.2 Å². The number of ether oxygens (including phenoxy) is 1. The summed E-state index contributed by atoms with van der Waals surface area (Å²) in [6.45, 7) is 7.30. The molecule has 146 valence electrons. The number of nitrogens with zero attached hydrogens (tertiary/aromatic N) is 3. The van der Waals surface area contributed by atoms with Crippen LogP contribution in [0.5, 0.6) is 0 Å². The lowest BCUT2D eigenvalue weighted by Gasteiger charge is -2.26. The number of nitrogens with one attached hydrogen (secondary N) is 2. The number of anilines is 1. The number of para-hydroxylation sites is 1. The van der Waals surface area contributed by atoms with Gasteiger partial charge in [-0.3, -0.25) is 14.4 Å². The minimum absolute atomic E-state index is 0.112. The number of morpholine rings is 1. The van der Waals surface area contributed by atoms with Gasteiger partial charge in [0.1, 0.15) is 5.69 Å². The highest BCUT2D eigenvalue weighted by molar-refractivity contribution is 7.80. The summed E-state index contributed by atoms with van der Waals surface area (Å²) in [4.78, 5) is 15.2. The Balaban J connectivity index is 1.57. The summed E-state index contributed by atoms with van der Waals surface area (Å²) >= 11 is 5.38. The Kier molecular flexibility index (Phi) is 6.65. The van der Waals surface area contributed by atoms with E-state index in [1.165, 1.54) is 0 Å². The Morgan fingerprint density at radius 1 is 1.22 bits per heavy atom. The Labute approximate surface area is 164 Å². The number of thiocarbonyl (C=S) groups is 1. The van der Waals surface area contributed by atoms with Crippen LogP contribution in [0.25, 0.3) is 5.69 Å². The molecule has 0 saturated carbocycles. The monoisotopic (exact) mass is 389 g/mol. The van der Waals surface area contributed by atoms with Crippen molar-refractivity contribution in [2.45, 2.75) is 13.3 Å². The smallest absolute Gasteiger partial charge is 0.295 e. The summed E-state index contributed by atoms with van der Waals surface area (Å²) in [5.74, 6) is 0. The molecule has 7 nitrogen and oxygen atoms in total. The zero-order chi connectivity index (χ0) is 19.2. The minimum Gasteiger partial charge on any atom is -0.379 e. The van der Waals surface area contributed by atoms with Crippen LogP contribution >= 0.6 is 12.2 Å². The Morgan fingerprint density at radius 3 is 2.63 bits per heavy atom. The van der Waals surface area contributed by atoms with Gasteiger partial charge < -0.3 is 15.4 Å². The van der Waals surface area contributed by atoms with Crippen LogP contribution in [-0.2, 0) is 11.8 Å². The molecule has 1 fully saturated rings. The zero-order valence-electron chi connectivity index (χ0n) is 15.9. The molecule has 27 heavy (non-hydrogen) atoms. The molecule has 0 amide bonds. The fourth-order valence-corrected chi connectivity index (χ4v) is 3.40. The molecular formula is C19H27N5O2S. The van der Waals surface area contributed by atoms with Crippen molar-refractivity contribution in [2.24, 2.45) is 7.05 Å². The number of rotatable bonds is 6. The molecule has 0 atom stereocenters. The van der Waals surface area contributed by atoms with Crippen molar-refractivity contribution in [3.8, 4) is 5.69 Å². The Morgan fingerprint density at radius 2 is 1.93 bits per heavy atom. The molecular weight excluding hydrogens is 362 g/mol. The van der Waals surface area contributed by atoms with E-state index >= 15 is 0 Å². The predicted octanol–water partition coefficient (Wildman–Crippen LogP) is 1.49. The average molecular weight is 390 g/mol. The molecule has 2 aromatic rings. The van der Waals surface area contributed by atoms with Crippen LogP contribution in [0.1, 0.15) is 12.1 Å². The molecule has 0 unspecified atom stereocenters. The second kappa shape index (κ2) is 9.16. The maximum atomic E-state index is 12.9. The van der Waals surface area contributed by atoms with Gasteiger partial charge in [0.05, 0.1) is 24.6 Å². The first-order chi connectivity index (χ1) is 13.1. The van der Waals surface area contributed by atoms with Crippen molar-refractivity contribution in [2.75, 3.05) is 44.7 Å². The van der Waals surface area contributed by atoms with Gasteiger partial charge in [-0.05, 0) is 44.2 Å². The largest absolute Gasteiger partial charge is 0.379 e. The van der Waals surface area contributed by atoms with Crippen molar-refractivity contribution >= 4 is 23.0 Å². The molecule has 1 aliphatic heterocycles. The van der Waals surface area contributed by atoms with Crippen molar-refractivity contribution in [1.82, 2.24) is 19.6 Å². The van der Waals surface area contributed by atoms with Crippen LogP contribution in [0.3, 0.4) is 0 Å². The van der Waals surface area contributed by atoms with Crippen molar-refractivity contribution < 1.29 is 4.74 Å². The number of benzene rings is 1. The molecule has 0 spiro atoms. The van der Waals surface area contributed by atoms with E-state index in [2.05, 4.69) is 15.5 Å². The summed E-state index contributed by atoms with van der Waals surface area (Å²) < 4.78 is 8.83. The highest BCUT2D eigenvalue weighted by Gasteiger charge is 2.17. The van der Waals surface area contributed by atoms with Gasteiger partial charge in [-0.15, -0.1) is 0 Å². The summed E-state index contributed by atoms with van der Waals surface area (Å²) in [6, 6.07) is 9.58. The van der Waals surface area contributed by atoms with Gasteiger partial charge in [0.2, 0.25) is 0 Å². The minimum atomic E-state index is -0.112. The van der Waals surface area contributed by atoms with E-state index in [4.69, 9.17) is 17.0 Å². The van der Waals surface area contributed by atoms with Gasteiger partial charge in [-0.2, -0.15) is 0 Å². The van der Waals surface area contributed by atoms with Crippen molar-refractivity contribution in [1.29, 1.82) is 0 Å². The molecule has 1 aromatic carbocycles. The lowest BCUT2D eigenvalue weighted by atomic mass is 10.3. The molecule has 2 N–H and O–H groups in total. The Hall–Kier alpha value is -2.16. The highest BCUT2D eigenvalue weighted by atomic mass is 32.1. The molecule has 1 aliphatic rings. The third kappa shape index (κ3) is 4.77. The molecule has 1 saturated heterocycles. The van der Waals surface area contributed by atoms with Gasteiger partial charge in [-0.1, -0.05) is 18.2 Å². The van der Waals surface area contributed by atoms with E-state index in [1.807, 2.05) is 49.0 Å². The van der Waals surface area contributed by atoms with E-state index in [0.717, 1.165) is 57.2 Å². The SMILES string of the molecule is Cc1c(NC(=S)NCCCN2CCOCC2)c(=O)n(-c2ccccc2)n1C. The number of hydrogen-bond acceptors (Lipinski definition) is 4. The molecule has 3 rings (SSSR count). The van der Waals surface area contributed by atoms with Gasteiger partial charge in [0.15, 0.2) is 5.11 Å². The predicted molar refractivity (Wildman–Crippen MR) is 112 cm³/mol. The molecule has 2 heterocycles. The highest BCUT2D eigenvalue weighted by Crippen LogP contribution is 2.13. The van der Waals surface area contributed by atoms with Crippen LogP contribution in [0.4, 0.5) is 5.69 Å². The fraction of sp³-hybridized carbons (Fsp3) is 0.474. The van der Waals surface area contributed by atoms with Crippen molar-refractivity contribution in [3.63, 3.8) is 0 Å². The van der Waals surface area contributed by atoms with E-state index < -0.39 is 0 Å². The lowest BCUT2D eigenvalue weighted by molar-refractivity contribution is 0.0376. The van der Waals surface area contributed by atoms with Crippen LogP contribution in [0, 0.1) is 6.92 Å². The van der Waals surface area contributed by atoms with Crippen LogP contribution in [0.15, 0.2) is 35.1 Å². The summed E-state index contributed by atoms with van der Waals surface area (Å²) in [6.07, 6.45) is 0.990. The van der Waals surface area contributed by atoms with Gasteiger partial charge in [-0.25, -0.2) is 4.68 Å². The summed E-state index contributed by atoms with van der Waals surface area (Å²) in [7, 11) is 1.87. The number of hydrogen-bond donors (Lipinski definition) is 2. The van der Waals surface area contributed by atoms with Gasteiger partial charge in [0, 0.05) is 26.7 Å². The lowest BCUT2D eigenvalue weighted by Crippen LogP contribution is -2.38. The first-order valence-electron chi connectivity index (χ1n) is 9.27. The molecule has 8 heteroatoms. The van der Waals surface area contributed by atoms with E-state index in [0.29, 0.717) is 10.8 Å². The fourth-order valence-electron chi connectivity index (χ4n) is 3.20. The van der Waals surface area contributed by atoms with Crippen LogP contribution in [0.2, 0.25) is 0 Å². The van der Waals surface area contributed by atoms with E-state index in [1.54, 1.807) is 4.68 Å². The molecule has 0 radical (unpaired) electrons. The maximum Gasteiger partial charge on any atom is 0.295 e. The van der Waals surface area contributed by atoms with Crippen LogP contribution in [-0.4, -0.2) is 58.8 Å². The third-order valence-corrected chi connectivity index (χ3v) is 5.08.